The van der Waals surface area contributed by atoms with Gasteiger partial charge in [0.1, 0.15) is 30.2 Å². The molecule has 0 aromatic heterocycles. The fraction of sp³-hybridized carbons (Fsp3) is 0.500. The summed E-state index contributed by atoms with van der Waals surface area (Å²) < 4.78 is 10.6. The first-order valence-corrected chi connectivity index (χ1v) is 7.90. The molecule has 1 aromatic rings. The van der Waals surface area contributed by atoms with Crippen LogP contribution in [-0.4, -0.2) is 74.7 Å². The number of hydrogen-bond donors (Lipinski definition) is 6. The van der Waals surface area contributed by atoms with Crippen molar-refractivity contribution in [3.63, 3.8) is 0 Å². The highest BCUT2D eigenvalue weighted by Gasteiger charge is 2.44. The molecule has 1 heterocycles. The maximum Gasteiger partial charge on any atom is 0.303 e. The van der Waals surface area contributed by atoms with Gasteiger partial charge in [-0.15, -0.1) is 0 Å². The molecule has 144 valence electrons. The molecule has 0 unspecified atom stereocenters. The molecular formula is C16H21NO9. The minimum Gasteiger partial charge on any atom is -0.481 e. The van der Waals surface area contributed by atoms with Gasteiger partial charge in [-0.25, -0.2) is 0 Å². The highest BCUT2D eigenvalue weighted by atomic mass is 16.7. The summed E-state index contributed by atoms with van der Waals surface area (Å²) in [6, 6.07) is 5.93. The van der Waals surface area contributed by atoms with Gasteiger partial charge in [-0.3, -0.25) is 9.59 Å². The van der Waals surface area contributed by atoms with E-state index in [1.54, 1.807) is 0 Å². The average molecular weight is 371 g/mol. The predicted molar refractivity (Wildman–Crippen MR) is 86.3 cm³/mol. The van der Waals surface area contributed by atoms with Gasteiger partial charge in [0.05, 0.1) is 13.0 Å². The van der Waals surface area contributed by atoms with Crippen molar-refractivity contribution in [3.05, 3.63) is 24.3 Å². The van der Waals surface area contributed by atoms with E-state index in [1.165, 1.54) is 24.3 Å². The van der Waals surface area contributed by atoms with Gasteiger partial charge in [-0.1, -0.05) is 0 Å². The molecule has 1 amide bonds. The summed E-state index contributed by atoms with van der Waals surface area (Å²) in [5.74, 6) is -1.27. The standard InChI is InChI=1S/C16H21NO9/c18-7-10-13(22)14(23)15(24)16(26-10)25-9-3-1-8(2-4-9)17-11(19)5-6-12(20)21/h1-4,10,13-16,18,22-24H,5-7H2,(H,17,19)(H,20,21)/t10-,13+,14+,15-,16+/m1/s1. The molecule has 0 spiro atoms. The molecule has 6 N–H and O–H groups in total. The van der Waals surface area contributed by atoms with Gasteiger partial charge in [0.2, 0.25) is 12.2 Å². The maximum atomic E-state index is 11.6. The molecule has 2 rings (SSSR count). The second kappa shape index (κ2) is 8.92. The number of aliphatic hydroxyl groups is 4. The van der Waals surface area contributed by atoms with Crippen LogP contribution in [0.25, 0.3) is 0 Å². The van der Waals surface area contributed by atoms with Gasteiger partial charge in [0.15, 0.2) is 0 Å². The number of anilines is 1. The lowest BCUT2D eigenvalue weighted by atomic mass is 9.99. The van der Waals surface area contributed by atoms with Crippen LogP contribution in [0.4, 0.5) is 5.69 Å². The largest absolute Gasteiger partial charge is 0.481 e. The van der Waals surface area contributed by atoms with Gasteiger partial charge in [0, 0.05) is 12.1 Å². The molecule has 10 nitrogen and oxygen atoms in total. The number of amides is 1. The number of nitrogens with one attached hydrogen (secondary N) is 1. The number of carboxylic acid groups (broad SMARTS) is 1. The van der Waals surface area contributed by atoms with Gasteiger partial charge >= 0.3 is 5.97 Å². The summed E-state index contributed by atoms with van der Waals surface area (Å²) in [6.45, 7) is -0.563. The van der Waals surface area contributed by atoms with Crippen LogP contribution in [0.3, 0.4) is 0 Å². The molecule has 0 aliphatic carbocycles. The van der Waals surface area contributed by atoms with Crippen LogP contribution in [0.2, 0.25) is 0 Å². The van der Waals surface area contributed by atoms with E-state index in [-0.39, 0.29) is 18.6 Å². The number of ether oxygens (including phenoxy) is 2. The lowest BCUT2D eigenvalue weighted by molar-refractivity contribution is -0.277. The Morgan fingerprint density at radius 2 is 1.69 bits per heavy atom. The van der Waals surface area contributed by atoms with Crippen molar-refractivity contribution in [2.45, 2.75) is 43.5 Å². The number of carbonyl (C=O) groups excluding carboxylic acids is 1. The van der Waals surface area contributed by atoms with Crippen LogP contribution in [0.15, 0.2) is 24.3 Å². The first kappa shape index (κ1) is 20.1. The molecule has 1 saturated heterocycles. The zero-order valence-electron chi connectivity index (χ0n) is 13.7. The molecular weight excluding hydrogens is 350 g/mol. The molecule has 5 atom stereocenters. The Labute approximate surface area is 148 Å². The minimum atomic E-state index is -1.54. The Morgan fingerprint density at radius 1 is 1.04 bits per heavy atom. The van der Waals surface area contributed by atoms with E-state index in [0.29, 0.717) is 5.69 Å². The van der Waals surface area contributed by atoms with Crippen LogP contribution >= 0.6 is 0 Å². The SMILES string of the molecule is O=C(O)CCC(=O)Nc1ccc(O[C@H]2O[C@H](CO)[C@H](O)[C@H](O)[C@H]2O)cc1. The third kappa shape index (κ3) is 5.13. The summed E-state index contributed by atoms with van der Waals surface area (Å²) in [5, 5.41) is 49.5. The zero-order valence-corrected chi connectivity index (χ0v) is 13.7. The predicted octanol–water partition coefficient (Wildman–Crippen LogP) is -1.33. The van der Waals surface area contributed by atoms with Crippen molar-refractivity contribution in [1.82, 2.24) is 0 Å². The number of aliphatic hydroxyl groups excluding tert-OH is 4. The summed E-state index contributed by atoms with van der Waals surface area (Å²) >= 11 is 0. The van der Waals surface area contributed by atoms with E-state index in [2.05, 4.69) is 5.32 Å². The Bertz CT molecular complexity index is 619. The van der Waals surface area contributed by atoms with Crippen molar-refractivity contribution >= 4 is 17.6 Å². The van der Waals surface area contributed by atoms with Crippen molar-refractivity contribution in [3.8, 4) is 5.75 Å². The quantitative estimate of drug-likeness (QED) is 0.340. The highest BCUT2D eigenvalue weighted by Crippen LogP contribution is 2.25. The summed E-state index contributed by atoms with van der Waals surface area (Å²) in [7, 11) is 0. The fourth-order valence-electron chi connectivity index (χ4n) is 2.36. The van der Waals surface area contributed by atoms with Gasteiger partial charge in [0.25, 0.3) is 0 Å². The number of benzene rings is 1. The van der Waals surface area contributed by atoms with Gasteiger partial charge < -0.3 is 40.3 Å². The lowest BCUT2D eigenvalue weighted by Gasteiger charge is -2.39. The van der Waals surface area contributed by atoms with Crippen molar-refractivity contribution in [2.75, 3.05) is 11.9 Å². The Balaban J connectivity index is 1.94. The van der Waals surface area contributed by atoms with Crippen LogP contribution in [-0.2, 0) is 14.3 Å². The summed E-state index contributed by atoms with van der Waals surface area (Å²) in [6.07, 6.45) is -7.35. The molecule has 1 fully saturated rings. The van der Waals surface area contributed by atoms with E-state index >= 15 is 0 Å². The molecule has 1 aliphatic rings. The Kier molecular flexibility index (Phi) is 6.89. The summed E-state index contributed by atoms with van der Waals surface area (Å²) in [4.78, 5) is 22.0. The third-order valence-electron chi connectivity index (χ3n) is 3.80. The molecule has 1 aromatic carbocycles. The first-order chi connectivity index (χ1) is 12.3. The van der Waals surface area contributed by atoms with Crippen molar-refractivity contribution < 1.29 is 44.6 Å². The van der Waals surface area contributed by atoms with E-state index < -0.39 is 49.2 Å². The second-order valence-corrected chi connectivity index (χ2v) is 5.78. The topological polar surface area (TPSA) is 166 Å². The minimum absolute atomic E-state index is 0.154. The van der Waals surface area contributed by atoms with Crippen LogP contribution in [0.1, 0.15) is 12.8 Å². The lowest BCUT2D eigenvalue weighted by Crippen LogP contribution is -2.60. The number of rotatable bonds is 7. The number of carboxylic acids is 1. The van der Waals surface area contributed by atoms with E-state index in [0.717, 1.165) is 0 Å². The Hall–Kier alpha value is -2.24. The van der Waals surface area contributed by atoms with E-state index in [4.69, 9.17) is 19.7 Å². The molecule has 26 heavy (non-hydrogen) atoms. The fourth-order valence-corrected chi connectivity index (χ4v) is 2.36. The van der Waals surface area contributed by atoms with Crippen molar-refractivity contribution in [2.24, 2.45) is 0 Å². The molecule has 10 heteroatoms. The average Bonchev–Trinajstić information content (AvgIpc) is 2.62. The maximum absolute atomic E-state index is 11.6. The summed E-state index contributed by atoms with van der Waals surface area (Å²) in [5.41, 5.74) is 0.418. The first-order valence-electron chi connectivity index (χ1n) is 7.90. The normalized spacial score (nSPS) is 28.4. The van der Waals surface area contributed by atoms with Gasteiger partial charge in [-0.05, 0) is 24.3 Å². The molecule has 0 bridgehead atoms. The van der Waals surface area contributed by atoms with Gasteiger partial charge in [-0.2, -0.15) is 0 Å². The molecule has 0 saturated carbocycles. The van der Waals surface area contributed by atoms with E-state index in [9.17, 15) is 24.9 Å². The number of carbonyl (C=O) groups is 2. The highest BCUT2D eigenvalue weighted by molar-refractivity contribution is 5.92. The Morgan fingerprint density at radius 3 is 2.27 bits per heavy atom. The number of aliphatic carboxylic acids is 1. The van der Waals surface area contributed by atoms with Crippen molar-refractivity contribution in [1.29, 1.82) is 0 Å². The van der Waals surface area contributed by atoms with Crippen LogP contribution < -0.4 is 10.1 Å². The second-order valence-electron chi connectivity index (χ2n) is 5.78. The van der Waals surface area contributed by atoms with Crippen LogP contribution in [0, 0.1) is 0 Å². The van der Waals surface area contributed by atoms with Crippen LogP contribution in [0.5, 0.6) is 5.75 Å². The molecule has 0 radical (unpaired) electrons. The number of hydrogen-bond acceptors (Lipinski definition) is 8. The zero-order chi connectivity index (χ0) is 19.3. The molecule has 1 aliphatic heterocycles. The third-order valence-corrected chi connectivity index (χ3v) is 3.80. The van der Waals surface area contributed by atoms with E-state index in [1.807, 2.05) is 0 Å². The monoisotopic (exact) mass is 371 g/mol. The smallest absolute Gasteiger partial charge is 0.303 e.